The third-order valence-corrected chi connectivity index (χ3v) is 5.00. The SMILES string of the molecule is COC(=O)CC1(CSC2CCNC2)CC1. The zero-order valence-corrected chi connectivity index (χ0v) is 10.1. The summed E-state index contributed by atoms with van der Waals surface area (Å²) >= 11 is 2.04. The van der Waals surface area contributed by atoms with Gasteiger partial charge in [0, 0.05) is 11.8 Å². The Labute approximate surface area is 95.3 Å². The van der Waals surface area contributed by atoms with E-state index < -0.39 is 0 Å². The third-order valence-electron chi connectivity index (χ3n) is 3.34. The van der Waals surface area contributed by atoms with Gasteiger partial charge in [0.1, 0.15) is 0 Å². The Bertz CT molecular complexity index is 235. The molecule has 3 nitrogen and oxygen atoms in total. The first-order chi connectivity index (χ1) is 7.24. The van der Waals surface area contributed by atoms with Crippen LogP contribution in [0.5, 0.6) is 0 Å². The normalized spacial score (nSPS) is 27.7. The molecule has 0 amide bonds. The van der Waals surface area contributed by atoms with Gasteiger partial charge in [0.15, 0.2) is 0 Å². The van der Waals surface area contributed by atoms with Crippen molar-refractivity contribution in [3.8, 4) is 0 Å². The van der Waals surface area contributed by atoms with Gasteiger partial charge in [-0.2, -0.15) is 11.8 Å². The zero-order chi connectivity index (χ0) is 10.7. The molecule has 0 radical (unpaired) electrons. The minimum Gasteiger partial charge on any atom is -0.469 e. The lowest BCUT2D eigenvalue weighted by Crippen LogP contribution is -2.16. The summed E-state index contributed by atoms with van der Waals surface area (Å²) in [4.78, 5) is 11.2. The first-order valence-electron chi connectivity index (χ1n) is 5.63. The van der Waals surface area contributed by atoms with E-state index in [1.165, 1.54) is 26.4 Å². The fourth-order valence-corrected chi connectivity index (χ4v) is 3.49. The molecule has 0 aromatic carbocycles. The monoisotopic (exact) mass is 229 g/mol. The standard InChI is InChI=1S/C11H19NO2S/c1-14-10(13)6-11(3-4-11)8-15-9-2-5-12-7-9/h9,12H,2-8H2,1H3. The molecule has 2 fully saturated rings. The Kier molecular flexibility index (Phi) is 3.57. The molecular weight excluding hydrogens is 210 g/mol. The Morgan fingerprint density at radius 3 is 2.93 bits per heavy atom. The summed E-state index contributed by atoms with van der Waals surface area (Å²) in [5.74, 6) is 1.09. The van der Waals surface area contributed by atoms with Crippen LogP contribution in [-0.4, -0.2) is 37.2 Å². The fraction of sp³-hybridized carbons (Fsp3) is 0.909. The Hall–Kier alpha value is -0.220. The largest absolute Gasteiger partial charge is 0.469 e. The number of methoxy groups -OCH3 is 1. The number of thioether (sulfide) groups is 1. The van der Waals surface area contributed by atoms with E-state index in [1.807, 2.05) is 11.8 Å². The number of carbonyl (C=O) groups excluding carboxylic acids is 1. The maximum Gasteiger partial charge on any atom is 0.306 e. The topological polar surface area (TPSA) is 38.3 Å². The van der Waals surface area contributed by atoms with Gasteiger partial charge in [-0.15, -0.1) is 0 Å². The van der Waals surface area contributed by atoms with Gasteiger partial charge in [0.2, 0.25) is 0 Å². The molecule has 1 aliphatic carbocycles. The highest BCUT2D eigenvalue weighted by molar-refractivity contribution is 8.00. The maximum atomic E-state index is 11.2. The van der Waals surface area contributed by atoms with E-state index in [0.29, 0.717) is 11.8 Å². The van der Waals surface area contributed by atoms with Gasteiger partial charge in [-0.3, -0.25) is 4.79 Å². The first-order valence-corrected chi connectivity index (χ1v) is 6.68. The molecule has 0 bridgehead atoms. The van der Waals surface area contributed by atoms with Crippen LogP contribution in [-0.2, 0) is 9.53 Å². The lowest BCUT2D eigenvalue weighted by Gasteiger charge is -2.15. The van der Waals surface area contributed by atoms with E-state index in [1.54, 1.807) is 0 Å². The summed E-state index contributed by atoms with van der Waals surface area (Å²) in [6, 6.07) is 0. The minimum atomic E-state index is -0.0438. The smallest absolute Gasteiger partial charge is 0.306 e. The molecular formula is C11H19NO2S. The second-order valence-corrected chi connectivity index (χ2v) is 5.97. The number of hydrogen-bond acceptors (Lipinski definition) is 4. The molecule has 0 aromatic heterocycles. The number of esters is 1. The molecule has 1 heterocycles. The van der Waals surface area contributed by atoms with E-state index in [4.69, 9.17) is 4.74 Å². The van der Waals surface area contributed by atoms with Crippen LogP contribution in [0.25, 0.3) is 0 Å². The van der Waals surface area contributed by atoms with Crippen molar-refractivity contribution < 1.29 is 9.53 Å². The molecule has 4 heteroatoms. The summed E-state index contributed by atoms with van der Waals surface area (Å²) in [6.07, 6.45) is 4.31. The van der Waals surface area contributed by atoms with Gasteiger partial charge in [-0.05, 0) is 37.0 Å². The molecule has 2 rings (SSSR count). The molecule has 0 spiro atoms. The number of ether oxygens (including phenoxy) is 1. The van der Waals surface area contributed by atoms with E-state index in [-0.39, 0.29) is 5.97 Å². The molecule has 1 aliphatic heterocycles. The number of carbonyl (C=O) groups is 1. The molecule has 1 N–H and O–H groups in total. The van der Waals surface area contributed by atoms with E-state index in [2.05, 4.69) is 5.32 Å². The van der Waals surface area contributed by atoms with Crippen LogP contribution in [0.4, 0.5) is 0 Å². The molecule has 1 saturated carbocycles. The second-order valence-electron chi connectivity index (χ2n) is 4.68. The Morgan fingerprint density at radius 2 is 2.40 bits per heavy atom. The average Bonchev–Trinajstić information content (AvgIpc) is 2.81. The minimum absolute atomic E-state index is 0.0438. The van der Waals surface area contributed by atoms with Crippen LogP contribution < -0.4 is 5.32 Å². The Balaban J connectivity index is 1.71. The summed E-state index contributed by atoms with van der Waals surface area (Å²) in [6.45, 7) is 2.29. The summed E-state index contributed by atoms with van der Waals surface area (Å²) in [5.41, 5.74) is 0.292. The quantitative estimate of drug-likeness (QED) is 0.724. The highest BCUT2D eigenvalue weighted by Crippen LogP contribution is 2.51. The predicted octanol–water partition coefficient (Wildman–Crippen LogP) is 1.42. The van der Waals surface area contributed by atoms with Crippen LogP contribution in [0, 0.1) is 5.41 Å². The van der Waals surface area contributed by atoms with Crippen LogP contribution in [0.1, 0.15) is 25.7 Å². The van der Waals surface area contributed by atoms with Gasteiger partial charge in [-0.25, -0.2) is 0 Å². The van der Waals surface area contributed by atoms with Crippen molar-refractivity contribution in [2.24, 2.45) is 5.41 Å². The van der Waals surface area contributed by atoms with Crippen LogP contribution >= 0.6 is 11.8 Å². The van der Waals surface area contributed by atoms with Gasteiger partial charge in [-0.1, -0.05) is 0 Å². The molecule has 1 atom stereocenters. The number of nitrogens with one attached hydrogen (secondary N) is 1. The van der Waals surface area contributed by atoms with Crippen molar-refractivity contribution in [1.82, 2.24) is 5.32 Å². The van der Waals surface area contributed by atoms with E-state index in [9.17, 15) is 4.79 Å². The van der Waals surface area contributed by atoms with E-state index in [0.717, 1.165) is 24.1 Å². The van der Waals surface area contributed by atoms with Crippen LogP contribution in [0.3, 0.4) is 0 Å². The molecule has 2 aliphatic rings. The van der Waals surface area contributed by atoms with Crippen molar-refractivity contribution in [2.75, 3.05) is 26.0 Å². The van der Waals surface area contributed by atoms with Crippen molar-refractivity contribution in [3.05, 3.63) is 0 Å². The van der Waals surface area contributed by atoms with Crippen molar-refractivity contribution in [2.45, 2.75) is 30.9 Å². The summed E-state index contributed by atoms with van der Waals surface area (Å²) in [5, 5.41) is 4.13. The van der Waals surface area contributed by atoms with Gasteiger partial charge < -0.3 is 10.1 Å². The molecule has 86 valence electrons. The van der Waals surface area contributed by atoms with Gasteiger partial charge in [0.05, 0.1) is 13.5 Å². The molecule has 0 aromatic rings. The molecule has 15 heavy (non-hydrogen) atoms. The summed E-state index contributed by atoms with van der Waals surface area (Å²) < 4.78 is 4.74. The fourth-order valence-electron chi connectivity index (χ4n) is 1.99. The molecule has 1 saturated heterocycles. The van der Waals surface area contributed by atoms with Crippen molar-refractivity contribution >= 4 is 17.7 Å². The average molecular weight is 229 g/mol. The van der Waals surface area contributed by atoms with Crippen LogP contribution in [0.15, 0.2) is 0 Å². The second kappa shape index (κ2) is 4.74. The van der Waals surface area contributed by atoms with Crippen LogP contribution in [0.2, 0.25) is 0 Å². The maximum absolute atomic E-state index is 11.2. The lowest BCUT2D eigenvalue weighted by molar-refractivity contribution is -0.141. The predicted molar refractivity (Wildman–Crippen MR) is 62.0 cm³/mol. The number of rotatable bonds is 5. The zero-order valence-electron chi connectivity index (χ0n) is 9.25. The molecule has 1 unspecified atom stereocenters. The Morgan fingerprint density at radius 1 is 1.60 bits per heavy atom. The van der Waals surface area contributed by atoms with Crippen molar-refractivity contribution in [3.63, 3.8) is 0 Å². The number of hydrogen-bond donors (Lipinski definition) is 1. The van der Waals surface area contributed by atoms with E-state index >= 15 is 0 Å². The highest BCUT2D eigenvalue weighted by atomic mass is 32.2. The lowest BCUT2D eigenvalue weighted by atomic mass is 10.1. The van der Waals surface area contributed by atoms with Gasteiger partial charge >= 0.3 is 5.97 Å². The summed E-state index contributed by atoms with van der Waals surface area (Å²) in [7, 11) is 1.48. The third kappa shape index (κ3) is 3.11. The van der Waals surface area contributed by atoms with Crippen molar-refractivity contribution in [1.29, 1.82) is 0 Å². The highest BCUT2D eigenvalue weighted by Gasteiger charge is 2.44. The van der Waals surface area contributed by atoms with Gasteiger partial charge in [0.25, 0.3) is 0 Å². The first kappa shape index (κ1) is 11.3.